The van der Waals surface area contributed by atoms with E-state index in [0.717, 1.165) is 37.7 Å². The number of aromatic nitrogens is 2. The molecule has 0 aromatic carbocycles. The molecule has 0 unspecified atom stereocenters. The highest BCUT2D eigenvalue weighted by atomic mass is 15.2. The molecule has 0 atom stereocenters. The summed E-state index contributed by atoms with van der Waals surface area (Å²) in [6.07, 6.45) is 11.2. The van der Waals surface area contributed by atoms with Crippen LogP contribution in [0, 0.1) is 5.41 Å². The first-order valence-corrected chi connectivity index (χ1v) is 8.61. The lowest BCUT2D eigenvalue weighted by Gasteiger charge is -2.40. The quantitative estimate of drug-likeness (QED) is 0.918. The highest BCUT2D eigenvalue weighted by molar-refractivity contribution is 5.59. The second kappa shape index (κ2) is 6.20. The lowest BCUT2D eigenvalue weighted by Crippen LogP contribution is -2.39. The Hall–Kier alpha value is -1.32. The Morgan fingerprint density at radius 3 is 2.43 bits per heavy atom. The van der Waals surface area contributed by atoms with E-state index in [2.05, 4.69) is 34.0 Å². The maximum Gasteiger partial charge on any atom is 0.137 e. The van der Waals surface area contributed by atoms with Crippen molar-refractivity contribution in [3.05, 3.63) is 11.9 Å². The Morgan fingerprint density at radius 2 is 1.81 bits per heavy atom. The van der Waals surface area contributed by atoms with Gasteiger partial charge in [-0.2, -0.15) is 0 Å². The zero-order chi connectivity index (χ0) is 14.7. The number of nitrogens with zero attached hydrogens (tertiary/aromatic N) is 3. The fourth-order valence-corrected chi connectivity index (χ4v) is 4.14. The van der Waals surface area contributed by atoms with E-state index in [4.69, 9.17) is 0 Å². The van der Waals surface area contributed by atoms with Gasteiger partial charge in [0, 0.05) is 25.2 Å². The lowest BCUT2D eigenvalue weighted by atomic mass is 9.77. The van der Waals surface area contributed by atoms with Crippen molar-refractivity contribution < 1.29 is 0 Å². The van der Waals surface area contributed by atoms with Gasteiger partial charge in [-0.15, -0.1) is 0 Å². The summed E-state index contributed by atoms with van der Waals surface area (Å²) >= 11 is 0. The van der Waals surface area contributed by atoms with Crippen LogP contribution in [0.3, 0.4) is 0 Å². The molecule has 1 aromatic heterocycles. The average molecular weight is 288 g/mol. The molecule has 1 saturated carbocycles. The first-order chi connectivity index (χ1) is 10.3. The average Bonchev–Trinajstić information content (AvgIpc) is 2.96. The van der Waals surface area contributed by atoms with Gasteiger partial charge in [0.2, 0.25) is 0 Å². The van der Waals surface area contributed by atoms with Crippen LogP contribution in [0.15, 0.2) is 6.33 Å². The third-order valence-corrected chi connectivity index (χ3v) is 5.41. The van der Waals surface area contributed by atoms with Crippen molar-refractivity contribution in [3.63, 3.8) is 0 Å². The summed E-state index contributed by atoms with van der Waals surface area (Å²) in [7, 11) is 0. The molecule has 3 rings (SSSR count). The molecule has 1 aliphatic carbocycles. The van der Waals surface area contributed by atoms with Crippen molar-refractivity contribution in [1.29, 1.82) is 0 Å². The minimum atomic E-state index is 0.667. The summed E-state index contributed by atoms with van der Waals surface area (Å²) in [5.41, 5.74) is 1.95. The van der Waals surface area contributed by atoms with E-state index in [1.54, 1.807) is 6.33 Å². The van der Waals surface area contributed by atoms with Crippen LogP contribution in [0.4, 0.5) is 11.6 Å². The summed E-state index contributed by atoms with van der Waals surface area (Å²) in [5, 5.41) is 3.38. The standard InChI is InChI=1S/C17H28N4/c1-3-14-15(18-4-2)19-13-20-16(14)21-11-9-17(10-12-21)7-5-6-8-17/h13H,3-12H2,1-2H3,(H,18,19,20). The predicted molar refractivity (Wildman–Crippen MR) is 87.9 cm³/mol. The maximum atomic E-state index is 4.61. The van der Waals surface area contributed by atoms with Gasteiger partial charge in [-0.05, 0) is 44.4 Å². The van der Waals surface area contributed by atoms with Gasteiger partial charge in [-0.25, -0.2) is 9.97 Å². The molecule has 1 saturated heterocycles. The second-order valence-electron chi connectivity index (χ2n) is 6.60. The summed E-state index contributed by atoms with van der Waals surface area (Å²) in [6, 6.07) is 0. The van der Waals surface area contributed by atoms with Crippen LogP contribution < -0.4 is 10.2 Å². The van der Waals surface area contributed by atoms with Crippen LogP contribution in [-0.2, 0) is 6.42 Å². The molecule has 1 spiro atoms. The molecule has 116 valence electrons. The van der Waals surface area contributed by atoms with Gasteiger partial charge in [-0.1, -0.05) is 19.8 Å². The highest BCUT2D eigenvalue weighted by Crippen LogP contribution is 2.46. The van der Waals surface area contributed by atoms with Gasteiger partial charge in [0.05, 0.1) is 0 Å². The van der Waals surface area contributed by atoms with Gasteiger partial charge < -0.3 is 10.2 Å². The molecule has 1 aromatic rings. The zero-order valence-corrected chi connectivity index (χ0v) is 13.5. The number of anilines is 2. The van der Waals surface area contributed by atoms with Crippen LogP contribution in [0.2, 0.25) is 0 Å². The van der Waals surface area contributed by atoms with E-state index in [1.807, 2.05) is 0 Å². The van der Waals surface area contributed by atoms with Crippen molar-refractivity contribution in [1.82, 2.24) is 9.97 Å². The number of hydrogen-bond acceptors (Lipinski definition) is 4. The smallest absolute Gasteiger partial charge is 0.137 e. The monoisotopic (exact) mass is 288 g/mol. The molecule has 1 aliphatic heterocycles. The third-order valence-electron chi connectivity index (χ3n) is 5.41. The summed E-state index contributed by atoms with van der Waals surface area (Å²) in [6.45, 7) is 7.55. The number of hydrogen-bond donors (Lipinski definition) is 1. The molecule has 2 aliphatic rings. The number of nitrogens with one attached hydrogen (secondary N) is 1. The van der Waals surface area contributed by atoms with E-state index in [0.29, 0.717) is 5.41 Å². The predicted octanol–water partition coefficient (Wildman–Crippen LogP) is 3.63. The fraction of sp³-hybridized carbons (Fsp3) is 0.765. The van der Waals surface area contributed by atoms with Gasteiger partial charge in [0.25, 0.3) is 0 Å². The van der Waals surface area contributed by atoms with Crippen molar-refractivity contribution >= 4 is 11.6 Å². The molecule has 1 N–H and O–H groups in total. The fourth-order valence-electron chi connectivity index (χ4n) is 4.14. The minimum absolute atomic E-state index is 0.667. The van der Waals surface area contributed by atoms with E-state index < -0.39 is 0 Å². The Balaban J connectivity index is 1.77. The molecule has 21 heavy (non-hydrogen) atoms. The van der Waals surface area contributed by atoms with Crippen LogP contribution in [0.5, 0.6) is 0 Å². The molecule has 4 nitrogen and oxygen atoms in total. The van der Waals surface area contributed by atoms with E-state index in [9.17, 15) is 0 Å². The molecule has 2 heterocycles. The highest BCUT2D eigenvalue weighted by Gasteiger charge is 2.37. The SMILES string of the molecule is CCNc1ncnc(N2CCC3(CCCC3)CC2)c1CC. The van der Waals surface area contributed by atoms with Crippen LogP contribution in [0.1, 0.15) is 57.9 Å². The Morgan fingerprint density at radius 1 is 1.10 bits per heavy atom. The molecule has 4 heteroatoms. The molecular formula is C17H28N4. The van der Waals surface area contributed by atoms with Crippen molar-refractivity contribution in [2.24, 2.45) is 5.41 Å². The summed E-state index contributed by atoms with van der Waals surface area (Å²) < 4.78 is 0. The van der Waals surface area contributed by atoms with Crippen LogP contribution >= 0.6 is 0 Å². The normalized spacial score (nSPS) is 21.0. The van der Waals surface area contributed by atoms with Crippen molar-refractivity contribution in [2.45, 2.75) is 58.8 Å². The van der Waals surface area contributed by atoms with Gasteiger partial charge in [-0.3, -0.25) is 0 Å². The number of rotatable bonds is 4. The number of piperidine rings is 1. The minimum Gasteiger partial charge on any atom is -0.370 e. The first-order valence-electron chi connectivity index (χ1n) is 8.61. The Kier molecular flexibility index (Phi) is 4.32. The maximum absolute atomic E-state index is 4.61. The van der Waals surface area contributed by atoms with E-state index in [1.165, 1.54) is 44.1 Å². The summed E-state index contributed by atoms with van der Waals surface area (Å²) in [5.74, 6) is 2.18. The van der Waals surface area contributed by atoms with E-state index in [-0.39, 0.29) is 0 Å². The molecule has 0 amide bonds. The topological polar surface area (TPSA) is 41.1 Å². The van der Waals surface area contributed by atoms with Crippen LogP contribution in [-0.4, -0.2) is 29.6 Å². The summed E-state index contributed by atoms with van der Waals surface area (Å²) in [4.78, 5) is 11.5. The van der Waals surface area contributed by atoms with Crippen molar-refractivity contribution in [2.75, 3.05) is 29.9 Å². The molecule has 2 fully saturated rings. The van der Waals surface area contributed by atoms with Crippen molar-refractivity contribution in [3.8, 4) is 0 Å². The van der Waals surface area contributed by atoms with Gasteiger partial charge >= 0.3 is 0 Å². The lowest BCUT2D eigenvalue weighted by molar-refractivity contribution is 0.226. The van der Waals surface area contributed by atoms with E-state index >= 15 is 0 Å². The Labute approximate surface area is 128 Å². The zero-order valence-electron chi connectivity index (χ0n) is 13.5. The molecule has 0 bridgehead atoms. The second-order valence-corrected chi connectivity index (χ2v) is 6.60. The Bertz CT molecular complexity index is 470. The largest absolute Gasteiger partial charge is 0.370 e. The third kappa shape index (κ3) is 2.85. The van der Waals surface area contributed by atoms with Crippen LogP contribution in [0.25, 0.3) is 0 Å². The first kappa shape index (κ1) is 14.6. The van der Waals surface area contributed by atoms with Gasteiger partial charge in [0.1, 0.15) is 18.0 Å². The van der Waals surface area contributed by atoms with Gasteiger partial charge in [0.15, 0.2) is 0 Å². The molecular weight excluding hydrogens is 260 g/mol. The molecule has 0 radical (unpaired) electrons.